The highest BCUT2D eigenvalue weighted by molar-refractivity contribution is 5.37. The van der Waals surface area contributed by atoms with Crippen molar-refractivity contribution in [1.29, 1.82) is 0 Å². The van der Waals surface area contributed by atoms with E-state index in [1.807, 2.05) is 0 Å². The number of hydrazine groups is 1. The molecule has 2 aromatic heterocycles. The number of fused-ring (bicyclic) bond motifs is 1. The van der Waals surface area contributed by atoms with Crippen LogP contribution in [0.1, 0.15) is 57.1 Å². The Kier molecular flexibility index (Phi) is 5.07. The van der Waals surface area contributed by atoms with Crippen LogP contribution in [0.2, 0.25) is 0 Å². The van der Waals surface area contributed by atoms with Crippen LogP contribution in [0.25, 0.3) is 0 Å². The van der Waals surface area contributed by atoms with E-state index in [0.29, 0.717) is 22.6 Å². The highest BCUT2D eigenvalue weighted by Gasteiger charge is 2.42. The van der Waals surface area contributed by atoms with Crippen molar-refractivity contribution in [3.8, 4) is 0 Å². The third kappa shape index (κ3) is 3.99. The maximum atomic E-state index is 14.0. The van der Waals surface area contributed by atoms with E-state index in [9.17, 15) is 13.2 Å². The Morgan fingerprint density at radius 2 is 2.03 bits per heavy atom. The average molecular weight is 411 g/mol. The molecule has 3 heterocycles. The van der Waals surface area contributed by atoms with Crippen LogP contribution in [0.3, 0.4) is 0 Å². The molecule has 4 atom stereocenters. The summed E-state index contributed by atoms with van der Waals surface area (Å²) in [7, 11) is 0. The van der Waals surface area contributed by atoms with Crippen LogP contribution in [0.4, 0.5) is 25.1 Å². The number of hydrogen-bond acceptors (Lipinski definition) is 8. The summed E-state index contributed by atoms with van der Waals surface area (Å²) < 4.78 is 40.3. The first kappa shape index (κ1) is 19.8. The smallest absolute Gasteiger partial charge is 0.333 e. The van der Waals surface area contributed by atoms with Crippen LogP contribution in [0.5, 0.6) is 0 Å². The van der Waals surface area contributed by atoms with Gasteiger partial charge in [0, 0.05) is 24.1 Å². The minimum atomic E-state index is -2.71. The first-order valence-corrected chi connectivity index (χ1v) is 9.51. The molecular weight excluding hydrogens is 387 g/mol. The van der Waals surface area contributed by atoms with Crippen molar-refractivity contribution in [2.75, 3.05) is 11.1 Å². The van der Waals surface area contributed by atoms with Crippen LogP contribution >= 0.6 is 0 Å². The number of aromatic nitrogens is 5. The summed E-state index contributed by atoms with van der Waals surface area (Å²) >= 11 is 0. The van der Waals surface area contributed by atoms with Gasteiger partial charge < -0.3 is 11.1 Å². The number of alkyl halides is 3. The Hall–Kier alpha value is -2.47. The number of hydrogen-bond donors (Lipinski definition) is 4. The van der Waals surface area contributed by atoms with Crippen molar-refractivity contribution in [2.45, 2.75) is 63.5 Å². The molecule has 0 bridgehead atoms. The lowest BCUT2D eigenvalue weighted by Crippen LogP contribution is -2.35. The highest BCUT2D eigenvalue weighted by Crippen LogP contribution is 2.39. The average Bonchev–Trinajstić information content (AvgIpc) is 3.29. The molecule has 9 nitrogen and oxygen atoms in total. The fourth-order valence-electron chi connectivity index (χ4n) is 4.01. The van der Waals surface area contributed by atoms with Gasteiger partial charge in [0.1, 0.15) is 5.82 Å². The number of nitrogens with two attached hydrogens (primary N) is 1. The normalized spacial score (nSPS) is 27.2. The first-order valence-electron chi connectivity index (χ1n) is 9.51. The Balaban J connectivity index is 1.53. The molecule has 2 aliphatic rings. The van der Waals surface area contributed by atoms with Gasteiger partial charge in [-0.15, -0.1) is 0 Å². The molecule has 1 aliphatic carbocycles. The van der Waals surface area contributed by atoms with Gasteiger partial charge in [0.05, 0.1) is 11.2 Å². The molecule has 4 rings (SSSR count). The number of nitrogens with one attached hydrogen (secondary N) is 3. The fraction of sp³-hybridized carbons (Fsp3) is 0.647. The third-order valence-corrected chi connectivity index (χ3v) is 5.59. The van der Waals surface area contributed by atoms with Gasteiger partial charge in [0.15, 0.2) is 6.30 Å². The topological polar surface area (TPSA) is 119 Å². The molecule has 2 aromatic rings. The van der Waals surface area contributed by atoms with E-state index in [2.05, 4.69) is 36.2 Å². The minimum absolute atomic E-state index is 0.0387. The first-order chi connectivity index (χ1) is 13.7. The zero-order valence-electron chi connectivity index (χ0n) is 16.1. The van der Waals surface area contributed by atoms with E-state index < -0.39 is 18.4 Å². The van der Waals surface area contributed by atoms with Crippen molar-refractivity contribution in [3.63, 3.8) is 0 Å². The molecule has 29 heavy (non-hydrogen) atoms. The third-order valence-electron chi connectivity index (χ3n) is 5.59. The SMILES string of the molecule is CC(C)(Nc1nc(N)nc(C2CCC3NNC(F)C3C2)n1)c1ccn(C(F)F)n1. The van der Waals surface area contributed by atoms with E-state index in [1.54, 1.807) is 13.8 Å². The lowest BCUT2D eigenvalue weighted by molar-refractivity contribution is 0.0558. The molecule has 5 N–H and O–H groups in total. The summed E-state index contributed by atoms with van der Waals surface area (Å²) in [5.74, 6) is 0.589. The van der Waals surface area contributed by atoms with E-state index in [1.165, 1.54) is 12.3 Å². The second-order valence-corrected chi connectivity index (χ2v) is 8.05. The molecule has 2 fully saturated rings. The van der Waals surface area contributed by atoms with Gasteiger partial charge in [-0.1, -0.05) is 0 Å². The van der Waals surface area contributed by atoms with Gasteiger partial charge in [0.25, 0.3) is 0 Å². The van der Waals surface area contributed by atoms with Crippen molar-refractivity contribution in [1.82, 2.24) is 35.6 Å². The van der Waals surface area contributed by atoms with Crippen LogP contribution in [-0.4, -0.2) is 37.1 Å². The standard InChI is InChI=1S/C17H24F3N9/c1-17(2,11-5-6-29(28-11)14(19)20)25-16-23-13(22-15(21)24-16)8-3-4-10-9(7-8)12(18)27-26-10/h5-6,8-10,12,14,26-27H,3-4,7H2,1-2H3,(H3,21,22,23,24,25). The quantitative estimate of drug-likeness (QED) is 0.552. The number of anilines is 2. The Labute approximate surface area is 165 Å². The zero-order chi connectivity index (χ0) is 20.8. The summed E-state index contributed by atoms with van der Waals surface area (Å²) in [6.07, 6.45) is 2.30. The lowest BCUT2D eigenvalue weighted by Gasteiger charge is -2.30. The van der Waals surface area contributed by atoms with Gasteiger partial charge in [0.2, 0.25) is 11.9 Å². The molecule has 0 amide bonds. The lowest BCUT2D eigenvalue weighted by atomic mass is 9.78. The summed E-state index contributed by atoms with van der Waals surface area (Å²) in [5, 5.41) is 7.00. The predicted molar refractivity (Wildman–Crippen MR) is 99.4 cm³/mol. The van der Waals surface area contributed by atoms with E-state index >= 15 is 0 Å². The van der Waals surface area contributed by atoms with Crippen LogP contribution < -0.4 is 21.9 Å². The number of nitrogens with zero attached hydrogens (tertiary/aromatic N) is 5. The second kappa shape index (κ2) is 7.41. The van der Waals surface area contributed by atoms with Crippen LogP contribution in [0, 0.1) is 5.92 Å². The molecule has 0 aromatic carbocycles. The number of rotatable bonds is 5. The zero-order valence-corrected chi connectivity index (χ0v) is 16.1. The maximum absolute atomic E-state index is 14.0. The number of nitrogen functional groups attached to an aromatic ring is 1. The molecule has 0 radical (unpaired) electrons. The van der Waals surface area contributed by atoms with E-state index in [0.717, 1.165) is 12.8 Å². The molecule has 12 heteroatoms. The van der Waals surface area contributed by atoms with Crippen molar-refractivity contribution in [2.24, 2.45) is 5.92 Å². The minimum Gasteiger partial charge on any atom is -0.368 e. The predicted octanol–water partition coefficient (Wildman–Crippen LogP) is 2.05. The highest BCUT2D eigenvalue weighted by atomic mass is 19.3. The molecular formula is C17H24F3N9. The summed E-state index contributed by atoms with van der Waals surface area (Å²) in [6, 6.07) is 1.61. The van der Waals surface area contributed by atoms with Crippen LogP contribution in [-0.2, 0) is 5.54 Å². The Morgan fingerprint density at radius 1 is 1.24 bits per heavy atom. The molecule has 1 saturated carbocycles. The molecule has 158 valence electrons. The Bertz CT molecular complexity index is 872. The van der Waals surface area contributed by atoms with Gasteiger partial charge in [-0.05, 0) is 39.2 Å². The second-order valence-electron chi connectivity index (χ2n) is 8.05. The maximum Gasteiger partial charge on any atom is 0.333 e. The monoisotopic (exact) mass is 411 g/mol. The number of halogens is 3. The van der Waals surface area contributed by atoms with Gasteiger partial charge >= 0.3 is 6.55 Å². The van der Waals surface area contributed by atoms with Gasteiger partial charge in [-0.25, -0.2) is 14.5 Å². The fourth-order valence-corrected chi connectivity index (χ4v) is 4.01. The van der Waals surface area contributed by atoms with Gasteiger partial charge in [-0.3, -0.25) is 5.43 Å². The van der Waals surface area contributed by atoms with E-state index in [-0.39, 0.29) is 29.8 Å². The van der Waals surface area contributed by atoms with Crippen molar-refractivity contribution in [3.05, 3.63) is 23.8 Å². The molecule has 1 aliphatic heterocycles. The van der Waals surface area contributed by atoms with Crippen LogP contribution in [0.15, 0.2) is 12.3 Å². The summed E-state index contributed by atoms with van der Waals surface area (Å²) in [6.45, 7) is 0.840. The molecule has 4 unspecified atom stereocenters. The van der Waals surface area contributed by atoms with Gasteiger partial charge in [-0.2, -0.15) is 28.8 Å². The summed E-state index contributed by atoms with van der Waals surface area (Å²) in [4.78, 5) is 12.9. The Morgan fingerprint density at radius 3 is 2.76 bits per heavy atom. The molecule has 0 spiro atoms. The van der Waals surface area contributed by atoms with E-state index in [4.69, 9.17) is 5.73 Å². The van der Waals surface area contributed by atoms with Crippen molar-refractivity contribution < 1.29 is 13.2 Å². The largest absolute Gasteiger partial charge is 0.368 e. The molecule has 1 saturated heterocycles. The van der Waals surface area contributed by atoms with Crippen molar-refractivity contribution >= 4 is 11.9 Å². The summed E-state index contributed by atoms with van der Waals surface area (Å²) in [5.41, 5.74) is 11.1.